The van der Waals surface area contributed by atoms with Gasteiger partial charge in [0.25, 0.3) is 5.91 Å². The highest BCUT2D eigenvalue weighted by atomic mass is 79.9. The molecule has 1 fully saturated rings. The summed E-state index contributed by atoms with van der Waals surface area (Å²) in [7, 11) is 0. The number of nitrogens with one attached hydrogen (secondary N) is 1. The fourth-order valence-electron chi connectivity index (χ4n) is 3.50. The smallest absolute Gasteiger partial charge is 0.256 e. The molecule has 6 heteroatoms. The minimum absolute atomic E-state index is 0.0815. The number of hydrogen-bond acceptors (Lipinski definition) is 2. The van der Waals surface area contributed by atoms with Gasteiger partial charge in [-0.05, 0) is 42.7 Å². The maximum absolute atomic E-state index is 13.3. The van der Waals surface area contributed by atoms with Crippen LogP contribution in [0.15, 0.2) is 46.9 Å². The van der Waals surface area contributed by atoms with Crippen LogP contribution < -0.4 is 0 Å². The van der Waals surface area contributed by atoms with Crippen molar-refractivity contribution in [3.05, 3.63) is 68.8 Å². The van der Waals surface area contributed by atoms with Crippen LogP contribution >= 0.6 is 27.5 Å². The normalized spacial score (nSPS) is 14.7. The Bertz CT molecular complexity index is 962. The Labute approximate surface area is 171 Å². The molecule has 1 aliphatic heterocycles. The van der Waals surface area contributed by atoms with E-state index in [0.717, 1.165) is 44.5 Å². The standard InChI is InChI=1S/C21H20BrClN2O2/c22-15-4-7-17-19(13-15)24-18(8-3-14-1-5-16(23)6-2-14)20(17)21(26)25-9-11-27-12-10-25/h1-2,4-7,13,24H,3,8-12H2. The molecule has 1 aliphatic rings. The zero-order chi connectivity index (χ0) is 18.8. The Kier molecular flexibility index (Phi) is 5.53. The van der Waals surface area contributed by atoms with Gasteiger partial charge in [-0.1, -0.05) is 45.7 Å². The number of aromatic amines is 1. The Hall–Kier alpha value is -1.82. The summed E-state index contributed by atoms with van der Waals surface area (Å²) in [5.74, 6) is 0.0815. The molecular formula is C21H20BrClN2O2. The second-order valence-corrected chi connectivity index (χ2v) is 8.05. The van der Waals surface area contributed by atoms with Gasteiger partial charge < -0.3 is 14.6 Å². The SMILES string of the molecule is O=C(c1c(CCc2ccc(Cl)cc2)[nH]c2cc(Br)ccc12)N1CCOCC1. The molecule has 4 rings (SSSR count). The van der Waals surface area contributed by atoms with Gasteiger partial charge in [0, 0.05) is 39.2 Å². The van der Waals surface area contributed by atoms with Crippen molar-refractivity contribution in [3.63, 3.8) is 0 Å². The lowest BCUT2D eigenvalue weighted by atomic mass is 10.0. The van der Waals surface area contributed by atoms with Crippen LogP contribution in [0.2, 0.25) is 5.02 Å². The lowest BCUT2D eigenvalue weighted by Gasteiger charge is -2.27. The number of ether oxygens (including phenoxy) is 1. The van der Waals surface area contributed by atoms with Crippen molar-refractivity contribution in [2.45, 2.75) is 12.8 Å². The molecule has 0 aliphatic carbocycles. The number of benzene rings is 2. The summed E-state index contributed by atoms with van der Waals surface area (Å²) in [6, 6.07) is 13.9. The molecular weight excluding hydrogens is 428 g/mol. The van der Waals surface area contributed by atoms with Gasteiger partial charge in [-0.3, -0.25) is 4.79 Å². The number of rotatable bonds is 4. The first kappa shape index (κ1) is 18.5. The topological polar surface area (TPSA) is 45.3 Å². The molecule has 1 N–H and O–H groups in total. The number of morpholine rings is 1. The van der Waals surface area contributed by atoms with E-state index in [-0.39, 0.29) is 5.91 Å². The number of hydrogen-bond donors (Lipinski definition) is 1. The van der Waals surface area contributed by atoms with Gasteiger partial charge in [0.15, 0.2) is 0 Å². The van der Waals surface area contributed by atoms with Crippen LogP contribution in [0, 0.1) is 0 Å². The zero-order valence-corrected chi connectivity index (χ0v) is 17.1. The van der Waals surface area contributed by atoms with Crippen LogP contribution in [-0.4, -0.2) is 42.1 Å². The minimum atomic E-state index is 0.0815. The maximum Gasteiger partial charge on any atom is 0.256 e. The summed E-state index contributed by atoms with van der Waals surface area (Å²) in [5.41, 5.74) is 3.94. The lowest BCUT2D eigenvalue weighted by Crippen LogP contribution is -2.41. The van der Waals surface area contributed by atoms with Crippen molar-refractivity contribution in [2.24, 2.45) is 0 Å². The Morgan fingerprint density at radius 2 is 1.85 bits per heavy atom. The monoisotopic (exact) mass is 446 g/mol. The highest BCUT2D eigenvalue weighted by Crippen LogP contribution is 2.28. The largest absolute Gasteiger partial charge is 0.378 e. The van der Waals surface area contributed by atoms with E-state index >= 15 is 0 Å². The van der Waals surface area contributed by atoms with Crippen molar-refractivity contribution < 1.29 is 9.53 Å². The molecule has 3 aromatic rings. The van der Waals surface area contributed by atoms with E-state index in [9.17, 15) is 4.79 Å². The predicted octanol–water partition coefficient (Wildman–Crippen LogP) is 4.84. The summed E-state index contributed by atoms with van der Waals surface area (Å²) < 4.78 is 6.39. The average Bonchev–Trinajstić information content (AvgIpc) is 3.05. The molecule has 0 radical (unpaired) electrons. The van der Waals surface area contributed by atoms with Gasteiger partial charge in [0.2, 0.25) is 0 Å². The highest BCUT2D eigenvalue weighted by Gasteiger charge is 2.24. The van der Waals surface area contributed by atoms with Gasteiger partial charge >= 0.3 is 0 Å². The highest BCUT2D eigenvalue weighted by molar-refractivity contribution is 9.10. The molecule has 2 heterocycles. The van der Waals surface area contributed by atoms with Crippen molar-refractivity contribution in [2.75, 3.05) is 26.3 Å². The number of aromatic nitrogens is 1. The fraction of sp³-hybridized carbons (Fsp3) is 0.286. The molecule has 0 bridgehead atoms. The summed E-state index contributed by atoms with van der Waals surface area (Å²) in [6.07, 6.45) is 1.61. The van der Waals surface area contributed by atoms with Crippen molar-refractivity contribution in [1.82, 2.24) is 9.88 Å². The molecule has 0 atom stereocenters. The number of amides is 1. The molecule has 0 saturated carbocycles. The Morgan fingerprint density at radius 1 is 1.11 bits per heavy atom. The Morgan fingerprint density at radius 3 is 2.59 bits per heavy atom. The van der Waals surface area contributed by atoms with Crippen LogP contribution in [0.1, 0.15) is 21.6 Å². The quantitative estimate of drug-likeness (QED) is 0.622. The van der Waals surface area contributed by atoms with Crippen molar-refractivity contribution in [3.8, 4) is 0 Å². The third-order valence-electron chi connectivity index (χ3n) is 4.93. The van der Waals surface area contributed by atoms with Crippen LogP contribution in [0.4, 0.5) is 0 Å². The first-order chi connectivity index (χ1) is 13.1. The summed E-state index contributed by atoms with van der Waals surface area (Å²) >= 11 is 9.50. The molecule has 0 spiro atoms. The van der Waals surface area contributed by atoms with Crippen LogP contribution in [0.5, 0.6) is 0 Å². The fourth-order valence-corrected chi connectivity index (χ4v) is 3.99. The zero-order valence-electron chi connectivity index (χ0n) is 14.8. The van der Waals surface area contributed by atoms with Crippen LogP contribution in [-0.2, 0) is 17.6 Å². The maximum atomic E-state index is 13.3. The average molecular weight is 448 g/mol. The molecule has 4 nitrogen and oxygen atoms in total. The summed E-state index contributed by atoms with van der Waals surface area (Å²) in [6.45, 7) is 2.47. The molecule has 1 amide bonds. The molecule has 1 aromatic heterocycles. The first-order valence-corrected chi connectivity index (χ1v) is 10.2. The predicted molar refractivity (Wildman–Crippen MR) is 112 cm³/mol. The molecule has 140 valence electrons. The molecule has 27 heavy (non-hydrogen) atoms. The number of H-pyrrole nitrogens is 1. The van der Waals surface area contributed by atoms with Crippen molar-refractivity contribution >= 4 is 44.3 Å². The van der Waals surface area contributed by atoms with Gasteiger partial charge in [-0.25, -0.2) is 0 Å². The van der Waals surface area contributed by atoms with Crippen molar-refractivity contribution in [1.29, 1.82) is 0 Å². The number of halogens is 2. The summed E-state index contributed by atoms with van der Waals surface area (Å²) in [5, 5.41) is 1.71. The number of fused-ring (bicyclic) bond motifs is 1. The Balaban J connectivity index is 1.67. The van der Waals surface area contributed by atoms with E-state index in [0.29, 0.717) is 26.3 Å². The number of nitrogens with zero attached hydrogens (tertiary/aromatic N) is 1. The molecule has 1 saturated heterocycles. The number of carbonyl (C=O) groups excluding carboxylic acids is 1. The third-order valence-corrected chi connectivity index (χ3v) is 5.67. The first-order valence-electron chi connectivity index (χ1n) is 9.03. The number of aryl methyl sites for hydroxylation is 2. The van der Waals surface area contributed by atoms with Gasteiger partial charge in [-0.15, -0.1) is 0 Å². The minimum Gasteiger partial charge on any atom is -0.378 e. The lowest BCUT2D eigenvalue weighted by molar-refractivity contribution is 0.0303. The summed E-state index contributed by atoms with van der Waals surface area (Å²) in [4.78, 5) is 18.6. The second-order valence-electron chi connectivity index (χ2n) is 6.70. The molecule has 2 aromatic carbocycles. The van der Waals surface area contributed by atoms with E-state index in [1.54, 1.807) is 0 Å². The van der Waals surface area contributed by atoms with E-state index in [4.69, 9.17) is 16.3 Å². The third kappa shape index (κ3) is 4.05. The van der Waals surface area contributed by atoms with E-state index in [2.05, 4.69) is 20.9 Å². The van der Waals surface area contributed by atoms with Gasteiger partial charge in [0.05, 0.1) is 18.8 Å². The van der Waals surface area contributed by atoms with Crippen LogP contribution in [0.25, 0.3) is 10.9 Å². The van der Waals surface area contributed by atoms with Gasteiger partial charge in [-0.2, -0.15) is 0 Å². The van der Waals surface area contributed by atoms with Gasteiger partial charge in [0.1, 0.15) is 0 Å². The van der Waals surface area contributed by atoms with E-state index in [1.165, 1.54) is 5.56 Å². The number of carbonyl (C=O) groups is 1. The second kappa shape index (κ2) is 8.05. The van der Waals surface area contributed by atoms with E-state index in [1.807, 2.05) is 47.4 Å². The van der Waals surface area contributed by atoms with E-state index < -0.39 is 0 Å². The van der Waals surface area contributed by atoms with Crippen LogP contribution in [0.3, 0.4) is 0 Å². The molecule has 0 unspecified atom stereocenters.